The molecule has 0 amide bonds. The SMILES string of the molecule is C=C(O)C1(C(C)C)CN(C(C)C)C1. The Hall–Kier alpha value is -0.500. The highest BCUT2D eigenvalue weighted by Gasteiger charge is 2.48. The minimum absolute atomic E-state index is 0.0374. The van der Waals surface area contributed by atoms with Crippen LogP contribution in [0.3, 0.4) is 0 Å². The molecule has 0 aromatic rings. The second kappa shape index (κ2) is 3.33. The number of rotatable bonds is 3. The van der Waals surface area contributed by atoms with Gasteiger partial charge in [0.05, 0.1) is 11.2 Å². The molecule has 0 unspecified atom stereocenters. The highest BCUT2D eigenvalue weighted by molar-refractivity contribution is 5.13. The van der Waals surface area contributed by atoms with E-state index in [0.29, 0.717) is 17.7 Å². The summed E-state index contributed by atoms with van der Waals surface area (Å²) in [5.41, 5.74) is -0.0374. The Kier molecular flexibility index (Phi) is 2.71. The third kappa shape index (κ3) is 1.60. The highest BCUT2D eigenvalue weighted by atomic mass is 16.3. The quantitative estimate of drug-likeness (QED) is 0.679. The molecule has 1 heterocycles. The van der Waals surface area contributed by atoms with Crippen molar-refractivity contribution >= 4 is 0 Å². The zero-order chi connectivity index (χ0) is 10.2. The van der Waals surface area contributed by atoms with Crippen LogP contribution in [-0.4, -0.2) is 29.1 Å². The van der Waals surface area contributed by atoms with Crippen LogP contribution in [0.15, 0.2) is 12.3 Å². The second-order valence-corrected chi connectivity index (χ2v) is 4.76. The summed E-state index contributed by atoms with van der Waals surface area (Å²) in [4.78, 5) is 2.36. The summed E-state index contributed by atoms with van der Waals surface area (Å²) in [5, 5.41) is 9.57. The molecule has 1 N–H and O–H groups in total. The number of aliphatic hydroxyl groups excluding tert-OH is 1. The van der Waals surface area contributed by atoms with Crippen molar-refractivity contribution in [2.75, 3.05) is 13.1 Å². The third-order valence-electron chi connectivity index (χ3n) is 3.38. The molecule has 76 valence electrons. The van der Waals surface area contributed by atoms with Crippen molar-refractivity contribution in [1.29, 1.82) is 0 Å². The summed E-state index contributed by atoms with van der Waals surface area (Å²) >= 11 is 0. The molecule has 13 heavy (non-hydrogen) atoms. The molecule has 0 saturated carbocycles. The van der Waals surface area contributed by atoms with Crippen LogP contribution < -0.4 is 0 Å². The van der Waals surface area contributed by atoms with Gasteiger partial charge in [-0.2, -0.15) is 0 Å². The van der Waals surface area contributed by atoms with Crippen LogP contribution >= 0.6 is 0 Å². The zero-order valence-corrected chi connectivity index (χ0v) is 9.17. The zero-order valence-electron chi connectivity index (χ0n) is 9.17. The first kappa shape index (κ1) is 10.6. The third-order valence-corrected chi connectivity index (χ3v) is 3.38. The number of hydrogen-bond donors (Lipinski definition) is 1. The van der Waals surface area contributed by atoms with Gasteiger partial charge in [-0.05, 0) is 19.8 Å². The monoisotopic (exact) mass is 183 g/mol. The van der Waals surface area contributed by atoms with Crippen molar-refractivity contribution in [1.82, 2.24) is 4.90 Å². The Morgan fingerprint density at radius 2 is 1.77 bits per heavy atom. The van der Waals surface area contributed by atoms with Gasteiger partial charge >= 0.3 is 0 Å². The van der Waals surface area contributed by atoms with Gasteiger partial charge in [0.1, 0.15) is 0 Å². The molecule has 1 fully saturated rings. The van der Waals surface area contributed by atoms with E-state index in [2.05, 4.69) is 39.2 Å². The molecule has 2 heteroatoms. The van der Waals surface area contributed by atoms with Crippen molar-refractivity contribution in [2.24, 2.45) is 11.3 Å². The van der Waals surface area contributed by atoms with Crippen LogP contribution in [0.1, 0.15) is 27.7 Å². The fourth-order valence-corrected chi connectivity index (χ4v) is 1.92. The standard InChI is InChI=1S/C11H21NO/c1-8(2)11(10(5)13)6-12(7-11)9(3)4/h8-9,13H,5-7H2,1-4H3. The average Bonchev–Trinajstić information content (AvgIpc) is 1.80. The molecule has 1 saturated heterocycles. The Labute approximate surface area is 81.2 Å². The number of aliphatic hydroxyl groups is 1. The molecule has 1 aliphatic rings. The molecule has 0 radical (unpaired) electrons. The summed E-state index contributed by atoms with van der Waals surface area (Å²) in [5.74, 6) is 0.833. The lowest BCUT2D eigenvalue weighted by Gasteiger charge is -2.54. The lowest BCUT2D eigenvalue weighted by atomic mass is 9.69. The topological polar surface area (TPSA) is 23.5 Å². The molecule has 0 aliphatic carbocycles. The molecule has 0 spiro atoms. The number of nitrogens with zero attached hydrogens (tertiary/aromatic N) is 1. The van der Waals surface area contributed by atoms with E-state index in [1.165, 1.54) is 0 Å². The normalized spacial score (nSPS) is 22.0. The Bertz CT molecular complexity index is 202. The van der Waals surface area contributed by atoms with Gasteiger partial charge < -0.3 is 5.11 Å². The maximum atomic E-state index is 9.57. The minimum Gasteiger partial charge on any atom is -0.512 e. The largest absolute Gasteiger partial charge is 0.512 e. The van der Waals surface area contributed by atoms with Crippen LogP contribution in [-0.2, 0) is 0 Å². The van der Waals surface area contributed by atoms with Gasteiger partial charge in [-0.3, -0.25) is 4.90 Å². The smallest absolute Gasteiger partial charge is 0.0941 e. The van der Waals surface area contributed by atoms with Gasteiger partial charge in [0.2, 0.25) is 0 Å². The minimum atomic E-state index is -0.0374. The van der Waals surface area contributed by atoms with Gasteiger partial charge in [-0.1, -0.05) is 20.4 Å². The van der Waals surface area contributed by atoms with E-state index in [9.17, 15) is 5.11 Å². The van der Waals surface area contributed by atoms with E-state index in [1.54, 1.807) is 0 Å². The fraction of sp³-hybridized carbons (Fsp3) is 0.818. The highest BCUT2D eigenvalue weighted by Crippen LogP contribution is 2.43. The van der Waals surface area contributed by atoms with Crippen molar-refractivity contribution in [3.63, 3.8) is 0 Å². The van der Waals surface area contributed by atoms with Gasteiger partial charge in [0.25, 0.3) is 0 Å². The van der Waals surface area contributed by atoms with E-state index >= 15 is 0 Å². The Morgan fingerprint density at radius 1 is 1.31 bits per heavy atom. The maximum absolute atomic E-state index is 9.57. The van der Waals surface area contributed by atoms with Crippen molar-refractivity contribution in [2.45, 2.75) is 33.7 Å². The molecule has 2 nitrogen and oxygen atoms in total. The van der Waals surface area contributed by atoms with Crippen LogP contribution in [0.5, 0.6) is 0 Å². The Morgan fingerprint density at radius 3 is 2.00 bits per heavy atom. The molecular weight excluding hydrogens is 162 g/mol. The van der Waals surface area contributed by atoms with E-state index in [-0.39, 0.29) is 5.41 Å². The van der Waals surface area contributed by atoms with Crippen LogP contribution in [0.4, 0.5) is 0 Å². The molecule has 0 atom stereocenters. The molecule has 1 aliphatic heterocycles. The summed E-state index contributed by atoms with van der Waals surface area (Å²) in [6, 6.07) is 0.575. The van der Waals surface area contributed by atoms with E-state index in [0.717, 1.165) is 13.1 Å². The van der Waals surface area contributed by atoms with Crippen molar-refractivity contribution < 1.29 is 5.11 Å². The van der Waals surface area contributed by atoms with E-state index < -0.39 is 0 Å². The molecular formula is C11H21NO. The lowest BCUT2D eigenvalue weighted by molar-refractivity contribution is -0.0513. The molecule has 0 aromatic carbocycles. The Balaban J connectivity index is 2.64. The van der Waals surface area contributed by atoms with Gasteiger partial charge in [0.15, 0.2) is 0 Å². The maximum Gasteiger partial charge on any atom is 0.0941 e. The predicted molar refractivity (Wildman–Crippen MR) is 55.7 cm³/mol. The first-order valence-electron chi connectivity index (χ1n) is 5.02. The van der Waals surface area contributed by atoms with E-state index in [4.69, 9.17) is 0 Å². The number of hydrogen-bond acceptors (Lipinski definition) is 2. The second-order valence-electron chi connectivity index (χ2n) is 4.76. The first-order chi connectivity index (χ1) is 5.90. The van der Waals surface area contributed by atoms with Gasteiger partial charge in [-0.25, -0.2) is 0 Å². The number of likely N-dealkylation sites (tertiary alicyclic amines) is 1. The van der Waals surface area contributed by atoms with Gasteiger partial charge in [0, 0.05) is 19.1 Å². The van der Waals surface area contributed by atoms with Crippen LogP contribution in [0, 0.1) is 11.3 Å². The fourth-order valence-electron chi connectivity index (χ4n) is 1.92. The molecule has 1 rings (SSSR count). The van der Waals surface area contributed by atoms with Crippen LogP contribution in [0.2, 0.25) is 0 Å². The summed E-state index contributed by atoms with van der Waals surface area (Å²) in [6.45, 7) is 14.3. The summed E-state index contributed by atoms with van der Waals surface area (Å²) < 4.78 is 0. The van der Waals surface area contributed by atoms with Crippen molar-refractivity contribution in [3.8, 4) is 0 Å². The first-order valence-corrected chi connectivity index (χ1v) is 5.02. The molecule has 0 bridgehead atoms. The van der Waals surface area contributed by atoms with Crippen molar-refractivity contribution in [3.05, 3.63) is 12.3 Å². The average molecular weight is 183 g/mol. The van der Waals surface area contributed by atoms with Crippen LogP contribution in [0.25, 0.3) is 0 Å². The van der Waals surface area contributed by atoms with E-state index in [1.807, 2.05) is 0 Å². The summed E-state index contributed by atoms with van der Waals surface area (Å²) in [7, 11) is 0. The predicted octanol–water partition coefficient (Wildman–Crippen LogP) is 2.42. The molecule has 0 aromatic heterocycles. The summed E-state index contributed by atoms with van der Waals surface area (Å²) in [6.07, 6.45) is 0. The van der Waals surface area contributed by atoms with Gasteiger partial charge in [-0.15, -0.1) is 0 Å². The lowest BCUT2D eigenvalue weighted by Crippen LogP contribution is -2.61.